The zero-order valence-electron chi connectivity index (χ0n) is 13.2. The Morgan fingerprint density at radius 3 is 2.61 bits per heavy atom. The summed E-state index contributed by atoms with van der Waals surface area (Å²) in [5.74, 6) is -0.866. The number of halogens is 1. The van der Waals surface area contributed by atoms with Gasteiger partial charge in [-0.2, -0.15) is 0 Å². The van der Waals surface area contributed by atoms with Gasteiger partial charge in [-0.05, 0) is 50.2 Å². The maximum atomic E-state index is 12.3. The predicted octanol–water partition coefficient (Wildman–Crippen LogP) is 3.64. The van der Waals surface area contributed by atoms with Crippen molar-refractivity contribution in [2.45, 2.75) is 20.4 Å². The summed E-state index contributed by atoms with van der Waals surface area (Å²) in [6.45, 7) is 4.89. The first kappa shape index (κ1) is 16.2. The molecular formula is C17H17ClN2O2S. The third-order valence-corrected chi connectivity index (χ3v) is 5.07. The molecule has 2 aromatic rings. The van der Waals surface area contributed by atoms with Crippen molar-refractivity contribution in [2.24, 2.45) is 0 Å². The van der Waals surface area contributed by atoms with Crippen molar-refractivity contribution in [3.8, 4) is 0 Å². The van der Waals surface area contributed by atoms with Gasteiger partial charge in [-0.3, -0.25) is 19.4 Å². The lowest BCUT2D eigenvalue weighted by molar-refractivity contribution is -0.114. The summed E-state index contributed by atoms with van der Waals surface area (Å²) in [5.41, 5.74) is 3.15. The van der Waals surface area contributed by atoms with Crippen LogP contribution in [-0.4, -0.2) is 30.3 Å². The minimum absolute atomic E-state index is 0.371. The van der Waals surface area contributed by atoms with E-state index >= 15 is 0 Å². The topological polar surface area (TPSA) is 40.6 Å². The Hall–Kier alpha value is -1.69. The fourth-order valence-electron chi connectivity index (χ4n) is 2.93. The molecule has 4 nitrogen and oxygen atoms in total. The van der Waals surface area contributed by atoms with E-state index in [4.69, 9.17) is 11.6 Å². The number of Topliss-reactive ketones (excluding diaryl/α,β-unsaturated/α-hetero) is 1. The van der Waals surface area contributed by atoms with Crippen molar-refractivity contribution in [1.29, 1.82) is 0 Å². The second kappa shape index (κ2) is 6.07. The van der Waals surface area contributed by atoms with Crippen LogP contribution in [0.15, 0.2) is 24.3 Å². The summed E-state index contributed by atoms with van der Waals surface area (Å²) in [5, 5.41) is 0. The van der Waals surface area contributed by atoms with Crippen molar-refractivity contribution in [3.63, 3.8) is 0 Å². The maximum absolute atomic E-state index is 12.3. The molecule has 0 saturated carbocycles. The number of fused-ring (bicyclic) bond motifs is 1. The smallest absolute Gasteiger partial charge is 0.291 e. The lowest BCUT2D eigenvalue weighted by atomic mass is 10.0. The molecule has 0 radical (unpaired) electrons. The second-order valence-electron chi connectivity index (χ2n) is 5.90. The number of hydrogen-bond acceptors (Lipinski definition) is 4. The Morgan fingerprint density at radius 1 is 1.22 bits per heavy atom. The summed E-state index contributed by atoms with van der Waals surface area (Å²) in [4.78, 5) is 29.3. The standard InChI is InChI=1S/C17H17ClN2O2S/c1-10-6-11(2)15-13(7-10)20(17(22)16(15)21)9-19(3)8-12-4-5-14(18)23-12/h4-7H,8-9H2,1-3H3. The van der Waals surface area contributed by atoms with Gasteiger partial charge >= 0.3 is 5.91 Å². The molecule has 23 heavy (non-hydrogen) atoms. The van der Waals surface area contributed by atoms with Crippen LogP contribution in [0.2, 0.25) is 4.34 Å². The van der Waals surface area contributed by atoms with E-state index in [9.17, 15) is 9.59 Å². The van der Waals surface area contributed by atoms with Crippen molar-refractivity contribution in [3.05, 3.63) is 50.2 Å². The van der Waals surface area contributed by atoms with Crippen LogP contribution < -0.4 is 4.90 Å². The van der Waals surface area contributed by atoms with Gasteiger partial charge in [-0.1, -0.05) is 17.7 Å². The van der Waals surface area contributed by atoms with Gasteiger partial charge in [0.25, 0.3) is 5.78 Å². The number of anilines is 1. The average Bonchev–Trinajstić information content (AvgIpc) is 2.96. The fourth-order valence-corrected chi connectivity index (χ4v) is 4.09. The van der Waals surface area contributed by atoms with Crippen molar-refractivity contribution >= 4 is 40.3 Å². The van der Waals surface area contributed by atoms with E-state index in [1.807, 2.05) is 50.1 Å². The predicted molar refractivity (Wildman–Crippen MR) is 93.4 cm³/mol. The highest BCUT2D eigenvalue weighted by atomic mass is 35.5. The Kier molecular flexibility index (Phi) is 4.27. The average molecular weight is 349 g/mol. The third-order valence-electron chi connectivity index (χ3n) is 3.85. The molecule has 3 rings (SSSR count). The van der Waals surface area contributed by atoms with Crippen molar-refractivity contribution in [1.82, 2.24) is 4.90 Å². The molecule has 0 aliphatic carbocycles. The van der Waals surface area contributed by atoms with E-state index in [1.54, 1.807) is 4.90 Å². The molecule has 1 aromatic carbocycles. The number of rotatable bonds is 4. The zero-order valence-corrected chi connectivity index (χ0v) is 14.8. The van der Waals surface area contributed by atoms with Gasteiger partial charge in [0.1, 0.15) is 0 Å². The number of carbonyl (C=O) groups is 2. The summed E-state index contributed by atoms with van der Waals surface area (Å²) in [7, 11) is 1.92. The minimum atomic E-state index is -0.454. The second-order valence-corrected chi connectivity index (χ2v) is 7.70. The molecule has 2 heterocycles. The highest BCUT2D eigenvalue weighted by Gasteiger charge is 2.37. The summed E-state index contributed by atoms with van der Waals surface area (Å²) in [6.07, 6.45) is 0. The van der Waals surface area contributed by atoms with Gasteiger partial charge in [0, 0.05) is 11.4 Å². The molecule has 1 amide bonds. The Balaban J connectivity index is 1.84. The van der Waals surface area contributed by atoms with E-state index in [-0.39, 0.29) is 0 Å². The first-order chi connectivity index (χ1) is 10.9. The number of hydrogen-bond donors (Lipinski definition) is 0. The maximum Gasteiger partial charge on any atom is 0.300 e. The molecule has 1 aliphatic heterocycles. The Bertz CT molecular complexity index is 800. The molecule has 0 atom stereocenters. The first-order valence-corrected chi connectivity index (χ1v) is 8.46. The SMILES string of the molecule is Cc1cc(C)c2c(c1)N(CN(C)Cc1ccc(Cl)s1)C(=O)C2=O. The molecule has 0 unspecified atom stereocenters. The van der Waals surface area contributed by atoms with E-state index in [2.05, 4.69) is 0 Å². The molecular weight excluding hydrogens is 332 g/mol. The number of carbonyl (C=O) groups excluding carboxylic acids is 2. The lowest BCUT2D eigenvalue weighted by Crippen LogP contribution is -2.38. The number of aryl methyl sites for hydroxylation is 2. The van der Waals surface area contributed by atoms with Crippen LogP contribution in [0.3, 0.4) is 0 Å². The fraction of sp³-hybridized carbons (Fsp3) is 0.294. The monoisotopic (exact) mass is 348 g/mol. The number of nitrogens with zero attached hydrogens (tertiary/aromatic N) is 2. The van der Waals surface area contributed by atoms with Crippen LogP contribution in [0.1, 0.15) is 26.4 Å². The van der Waals surface area contributed by atoms with Crippen LogP contribution in [0.5, 0.6) is 0 Å². The van der Waals surface area contributed by atoms with Crippen molar-refractivity contribution in [2.75, 3.05) is 18.6 Å². The van der Waals surface area contributed by atoms with E-state index < -0.39 is 11.7 Å². The van der Waals surface area contributed by atoms with Crippen molar-refractivity contribution < 1.29 is 9.59 Å². The molecule has 0 bridgehead atoms. The normalized spacial score (nSPS) is 14.0. The minimum Gasteiger partial charge on any atom is -0.291 e. The first-order valence-electron chi connectivity index (χ1n) is 7.27. The molecule has 0 spiro atoms. The quantitative estimate of drug-likeness (QED) is 0.792. The molecule has 1 aromatic heterocycles. The Labute approximate surface area is 144 Å². The van der Waals surface area contributed by atoms with E-state index in [0.29, 0.717) is 24.5 Å². The van der Waals surface area contributed by atoms with Crippen LogP contribution in [0.4, 0.5) is 5.69 Å². The molecule has 6 heteroatoms. The molecule has 0 N–H and O–H groups in total. The van der Waals surface area contributed by atoms with E-state index in [1.165, 1.54) is 11.3 Å². The van der Waals surface area contributed by atoms with Gasteiger partial charge in [-0.25, -0.2) is 0 Å². The Morgan fingerprint density at radius 2 is 1.96 bits per heavy atom. The van der Waals surface area contributed by atoms with Gasteiger partial charge in [-0.15, -0.1) is 11.3 Å². The van der Waals surface area contributed by atoms with Crippen LogP contribution in [-0.2, 0) is 11.3 Å². The summed E-state index contributed by atoms with van der Waals surface area (Å²) in [6, 6.07) is 7.68. The third kappa shape index (κ3) is 3.04. The van der Waals surface area contributed by atoms with Gasteiger partial charge in [0.05, 0.1) is 22.3 Å². The van der Waals surface area contributed by atoms with Crippen LogP contribution in [0, 0.1) is 13.8 Å². The van der Waals surface area contributed by atoms with Gasteiger partial charge in [0.2, 0.25) is 0 Å². The summed E-state index contributed by atoms with van der Waals surface area (Å²) >= 11 is 7.47. The molecule has 1 aliphatic rings. The van der Waals surface area contributed by atoms with Gasteiger partial charge < -0.3 is 0 Å². The van der Waals surface area contributed by atoms with Crippen LogP contribution >= 0.6 is 22.9 Å². The highest BCUT2D eigenvalue weighted by molar-refractivity contribution is 7.16. The number of ketones is 1. The van der Waals surface area contributed by atoms with E-state index in [0.717, 1.165) is 20.3 Å². The number of benzene rings is 1. The zero-order chi connectivity index (χ0) is 16.7. The largest absolute Gasteiger partial charge is 0.300 e. The van der Waals surface area contributed by atoms with Gasteiger partial charge in [0.15, 0.2) is 0 Å². The van der Waals surface area contributed by atoms with Crippen LogP contribution in [0.25, 0.3) is 0 Å². The molecule has 120 valence electrons. The lowest BCUT2D eigenvalue weighted by Gasteiger charge is -2.24. The molecule has 0 saturated heterocycles. The highest BCUT2D eigenvalue weighted by Crippen LogP contribution is 2.33. The number of amides is 1. The molecule has 0 fully saturated rings. The summed E-state index contributed by atoms with van der Waals surface area (Å²) < 4.78 is 0.748. The number of thiophene rings is 1.